The Morgan fingerprint density at radius 1 is 0.431 bits per heavy atom. The molecule has 5 aromatic heterocycles. The maximum absolute atomic E-state index is 7.27. The van der Waals surface area contributed by atoms with Crippen molar-refractivity contribution in [3.63, 3.8) is 0 Å². The van der Waals surface area contributed by atoms with E-state index in [2.05, 4.69) is 209 Å². The molecule has 5 heteroatoms. The summed E-state index contributed by atoms with van der Waals surface area (Å²) in [5, 5.41) is 12.3. The topological polar surface area (TPSA) is 23.0 Å². The Labute approximate surface area is 380 Å². The van der Waals surface area contributed by atoms with Gasteiger partial charge in [0.2, 0.25) is 0 Å². The highest BCUT2D eigenvalue weighted by Gasteiger charge is 2.24. The van der Waals surface area contributed by atoms with Crippen LogP contribution in [0, 0.1) is 0 Å². The molecule has 65 heavy (non-hydrogen) atoms. The van der Waals surface area contributed by atoms with Crippen molar-refractivity contribution >= 4 is 134 Å². The number of nitrogens with zero attached hydrogens (tertiary/aromatic N) is 2. The second-order valence-electron chi connectivity index (χ2n) is 17.5. The van der Waals surface area contributed by atoms with Crippen LogP contribution in [0.1, 0.15) is 17.9 Å². The highest BCUT2D eigenvalue weighted by Crippen LogP contribution is 2.47. The summed E-state index contributed by atoms with van der Waals surface area (Å²) in [4.78, 5) is 0. The number of hydrogen-bond donors (Lipinski definition) is 0. The second-order valence-corrected chi connectivity index (χ2v) is 19.6. The third-order valence-electron chi connectivity index (χ3n) is 14.1. The molecule has 0 bridgehead atoms. The van der Waals surface area contributed by atoms with E-state index < -0.39 is 0 Å². The first-order valence-electron chi connectivity index (χ1n) is 22.4. The van der Waals surface area contributed by atoms with Crippen molar-refractivity contribution in [2.75, 3.05) is 0 Å². The molecule has 0 saturated heterocycles. The molecule has 0 saturated carbocycles. The lowest BCUT2D eigenvalue weighted by molar-refractivity contribution is 0.677. The standard InChI is InChI=1S/C60H36N2OS2/c1-5-19-49-47(13-1)55-51(61(49)37-27-23-35(24-28-37)39-15-9-17-45-41-11-3-7-21-53(41)64-59(39)45)33-31-43-44-32-34-52-56(58(44)63-57(43)55)48-14-2-6-20-50(48)62(52)38-29-25-36(26-30-38)40-16-10-18-46-42-12-4-8-22-54(42)65-60(40)46/h1-25,27-34,36H,26H2. The average Bonchev–Trinajstić information content (AvgIpc) is 4.18. The summed E-state index contributed by atoms with van der Waals surface area (Å²) in [6, 6.07) is 66.9. The minimum Gasteiger partial charge on any atom is -0.455 e. The lowest BCUT2D eigenvalue weighted by Gasteiger charge is -2.19. The summed E-state index contributed by atoms with van der Waals surface area (Å²) in [5.74, 6) is 0.315. The summed E-state index contributed by atoms with van der Waals surface area (Å²) in [6.45, 7) is 0. The van der Waals surface area contributed by atoms with Gasteiger partial charge in [-0.3, -0.25) is 0 Å². The van der Waals surface area contributed by atoms with Crippen LogP contribution in [0.5, 0.6) is 0 Å². The van der Waals surface area contributed by atoms with Crippen LogP contribution in [0.15, 0.2) is 205 Å². The Bertz CT molecular complexity index is 4390. The van der Waals surface area contributed by atoms with Crippen LogP contribution in [0.25, 0.3) is 128 Å². The van der Waals surface area contributed by atoms with Crippen molar-refractivity contribution < 1.29 is 4.42 Å². The van der Waals surface area contributed by atoms with Gasteiger partial charge in [-0.15, -0.1) is 22.7 Å². The lowest BCUT2D eigenvalue weighted by Crippen LogP contribution is -2.03. The Hall–Kier alpha value is -7.70. The molecule has 0 N–H and O–H groups in total. The number of thiophene rings is 2. The molecule has 1 atom stereocenters. The van der Waals surface area contributed by atoms with E-state index >= 15 is 0 Å². The third kappa shape index (κ3) is 4.99. The smallest absolute Gasteiger partial charge is 0.145 e. The van der Waals surface area contributed by atoms with Crippen molar-refractivity contribution in [3.05, 3.63) is 206 Å². The van der Waals surface area contributed by atoms with Gasteiger partial charge in [0.1, 0.15) is 11.2 Å². The molecule has 1 aliphatic rings. The fourth-order valence-corrected chi connectivity index (χ4v) is 13.7. The van der Waals surface area contributed by atoms with E-state index in [9.17, 15) is 0 Å². The predicted octanol–water partition coefficient (Wildman–Crippen LogP) is 17.8. The number of aromatic nitrogens is 2. The molecule has 9 aromatic carbocycles. The number of para-hydroxylation sites is 2. The number of fused-ring (bicyclic) bond motifs is 17. The van der Waals surface area contributed by atoms with Gasteiger partial charge in [-0.2, -0.15) is 0 Å². The zero-order valence-electron chi connectivity index (χ0n) is 35.0. The fraction of sp³-hybridized carbons (Fsp3) is 0.0333. The van der Waals surface area contributed by atoms with Gasteiger partial charge in [-0.25, -0.2) is 0 Å². The largest absolute Gasteiger partial charge is 0.455 e. The molecule has 3 nitrogen and oxygen atoms in total. The van der Waals surface area contributed by atoms with Crippen LogP contribution in [0.3, 0.4) is 0 Å². The van der Waals surface area contributed by atoms with Crippen molar-refractivity contribution in [2.45, 2.75) is 12.3 Å². The Kier molecular flexibility index (Phi) is 7.37. The van der Waals surface area contributed by atoms with Gasteiger partial charge < -0.3 is 13.6 Å². The quantitative estimate of drug-likeness (QED) is 0.173. The van der Waals surface area contributed by atoms with Crippen LogP contribution in [0.2, 0.25) is 0 Å². The summed E-state index contributed by atoms with van der Waals surface area (Å²) >= 11 is 3.80. The normalized spacial score (nSPS) is 14.6. The van der Waals surface area contributed by atoms with Gasteiger partial charge in [0.25, 0.3) is 0 Å². The van der Waals surface area contributed by atoms with Gasteiger partial charge >= 0.3 is 0 Å². The molecule has 0 amide bonds. The van der Waals surface area contributed by atoms with Gasteiger partial charge in [0, 0.05) is 79.2 Å². The van der Waals surface area contributed by atoms with Crippen LogP contribution >= 0.6 is 22.7 Å². The molecular weight excluding hydrogens is 829 g/mol. The number of allylic oxidation sites excluding steroid dienone is 4. The number of hydrogen-bond acceptors (Lipinski definition) is 3. The summed E-state index contributed by atoms with van der Waals surface area (Å²) in [6.07, 6.45) is 8.12. The molecular formula is C60H36N2OS2. The fourth-order valence-electron chi connectivity index (χ4n) is 11.2. The summed E-state index contributed by atoms with van der Waals surface area (Å²) in [5.41, 5.74) is 12.7. The molecule has 14 aromatic rings. The molecule has 304 valence electrons. The van der Waals surface area contributed by atoms with Gasteiger partial charge in [-0.05, 0) is 89.9 Å². The van der Waals surface area contributed by atoms with Crippen molar-refractivity contribution in [3.8, 4) is 16.8 Å². The van der Waals surface area contributed by atoms with E-state index in [-0.39, 0.29) is 0 Å². The molecule has 1 aliphatic carbocycles. The molecule has 15 rings (SSSR count). The first-order chi connectivity index (χ1) is 32.2. The highest BCUT2D eigenvalue weighted by atomic mass is 32.1. The SMILES string of the molecule is C1=CC(c2cccc3c2sc2ccccc23)CC=C1n1c2ccccc2c2c3oc4c(ccc5c4c4ccccc4n5-c4ccc(-c5cccc6c5sc5ccccc56)cc4)c3ccc21. The number of furan rings is 1. The number of rotatable bonds is 4. The minimum absolute atomic E-state index is 0.315. The summed E-state index contributed by atoms with van der Waals surface area (Å²) in [7, 11) is 0. The van der Waals surface area contributed by atoms with E-state index in [1.165, 1.54) is 79.0 Å². The van der Waals surface area contributed by atoms with Crippen molar-refractivity contribution in [1.82, 2.24) is 9.13 Å². The van der Waals surface area contributed by atoms with E-state index in [1.54, 1.807) is 0 Å². The van der Waals surface area contributed by atoms with Gasteiger partial charge in [0.05, 0.1) is 32.8 Å². The average molecular weight is 865 g/mol. The van der Waals surface area contributed by atoms with Crippen molar-refractivity contribution in [1.29, 1.82) is 0 Å². The molecule has 0 spiro atoms. The minimum atomic E-state index is 0.315. The van der Waals surface area contributed by atoms with Crippen molar-refractivity contribution in [2.24, 2.45) is 0 Å². The maximum Gasteiger partial charge on any atom is 0.145 e. The first kappa shape index (κ1) is 35.7. The Morgan fingerprint density at radius 3 is 1.65 bits per heavy atom. The maximum atomic E-state index is 7.27. The predicted molar refractivity (Wildman–Crippen MR) is 279 cm³/mol. The Morgan fingerprint density at radius 2 is 0.985 bits per heavy atom. The Balaban J connectivity index is 0.864. The van der Waals surface area contributed by atoms with Crippen LogP contribution < -0.4 is 0 Å². The van der Waals surface area contributed by atoms with Gasteiger partial charge in [0.15, 0.2) is 0 Å². The molecule has 1 unspecified atom stereocenters. The highest BCUT2D eigenvalue weighted by molar-refractivity contribution is 7.26. The van der Waals surface area contributed by atoms with Crippen LogP contribution in [0.4, 0.5) is 0 Å². The van der Waals surface area contributed by atoms with Crippen LogP contribution in [-0.2, 0) is 0 Å². The molecule has 0 radical (unpaired) electrons. The zero-order valence-corrected chi connectivity index (χ0v) is 36.6. The van der Waals surface area contributed by atoms with E-state index in [0.717, 1.165) is 61.4 Å². The monoisotopic (exact) mass is 864 g/mol. The zero-order chi connectivity index (χ0) is 42.3. The van der Waals surface area contributed by atoms with E-state index in [1.807, 2.05) is 22.7 Å². The van der Waals surface area contributed by atoms with Gasteiger partial charge in [-0.1, -0.05) is 133 Å². The molecule has 0 fully saturated rings. The third-order valence-corrected chi connectivity index (χ3v) is 16.5. The first-order valence-corrected chi connectivity index (χ1v) is 24.0. The van der Waals surface area contributed by atoms with E-state index in [4.69, 9.17) is 4.42 Å². The summed E-state index contributed by atoms with van der Waals surface area (Å²) < 4.78 is 17.5. The number of benzene rings is 9. The van der Waals surface area contributed by atoms with E-state index in [0.29, 0.717) is 5.92 Å². The van der Waals surface area contributed by atoms with Crippen LogP contribution in [-0.4, -0.2) is 9.13 Å². The lowest BCUT2D eigenvalue weighted by atomic mass is 9.90. The second kappa shape index (κ2) is 13.4. The molecule has 0 aliphatic heterocycles. The molecule has 5 heterocycles.